The quantitative estimate of drug-likeness (QED) is 0.566. The molecule has 1 atom stereocenters. The Labute approximate surface area is 201 Å². The molecule has 1 N–H and O–H groups in total. The number of aromatic nitrogens is 1. The molecule has 1 unspecified atom stereocenters. The molecular weight excluding hydrogens is 422 g/mol. The first-order valence-corrected chi connectivity index (χ1v) is 12.4. The molecule has 34 heavy (non-hydrogen) atoms. The van der Waals surface area contributed by atoms with Crippen LogP contribution in [-0.4, -0.2) is 32.9 Å². The van der Waals surface area contributed by atoms with Crippen molar-refractivity contribution in [2.75, 3.05) is 0 Å². The highest BCUT2D eigenvalue weighted by atomic mass is 16.2. The predicted octanol–water partition coefficient (Wildman–Crippen LogP) is 5.33. The topological polar surface area (TPSA) is 54.3 Å². The first-order valence-electron chi connectivity index (χ1n) is 12.4. The standard InChI is InChI=1S/C29H33N3O2/c1-21-13-15-22(16-14-21)19-32-27(33)26-18-17-25(23-9-5-3-6-10-23)31(26)20-29(32,2)28(34)30-24-11-7-4-8-12-24/h3,5-6,9-10,13-18,24H,4,7-8,11-12,19-20H2,1-2H3,(H,30,34). The van der Waals surface area contributed by atoms with Crippen molar-refractivity contribution in [2.45, 2.75) is 70.6 Å². The summed E-state index contributed by atoms with van der Waals surface area (Å²) >= 11 is 0. The van der Waals surface area contributed by atoms with E-state index in [1.54, 1.807) is 4.90 Å². The number of hydrogen-bond acceptors (Lipinski definition) is 2. The van der Waals surface area contributed by atoms with E-state index < -0.39 is 5.54 Å². The van der Waals surface area contributed by atoms with Gasteiger partial charge in [0.05, 0.1) is 6.54 Å². The molecule has 2 aliphatic rings. The van der Waals surface area contributed by atoms with E-state index in [4.69, 9.17) is 0 Å². The minimum absolute atomic E-state index is 0.0572. The van der Waals surface area contributed by atoms with Gasteiger partial charge in [-0.15, -0.1) is 0 Å². The summed E-state index contributed by atoms with van der Waals surface area (Å²) in [4.78, 5) is 29.5. The van der Waals surface area contributed by atoms with Gasteiger partial charge in [0.1, 0.15) is 11.2 Å². The van der Waals surface area contributed by atoms with Crippen molar-refractivity contribution in [3.05, 3.63) is 83.6 Å². The van der Waals surface area contributed by atoms with Gasteiger partial charge >= 0.3 is 0 Å². The van der Waals surface area contributed by atoms with E-state index in [9.17, 15) is 9.59 Å². The van der Waals surface area contributed by atoms with Gasteiger partial charge in [-0.05, 0) is 49.9 Å². The van der Waals surface area contributed by atoms with Crippen LogP contribution in [0.5, 0.6) is 0 Å². The number of aryl methyl sites for hydroxylation is 1. The van der Waals surface area contributed by atoms with E-state index in [0.29, 0.717) is 18.8 Å². The fourth-order valence-corrected chi connectivity index (χ4v) is 5.35. The number of carbonyl (C=O) groups excluding carboxylic acids is 2. The maximum absolute atomic E-state index is 13.9. The molecule has 1 saturated carbocycles. The van der Waals surface area contributed by atoms with E-state index >= 15 is 0 Å². The second-order valence-corrected chi connectivity index (χ2v) is 10.0. The summed E-state index contributed by atoms with van der Waals surface area (Å²) in [7, 11) is 0. The molecule has 1 aromatic heterocycles. The Morgan fingerprint density at radius 2 is 1.62 bits per heavy atom. The molecular formula is C29H33N3O2. The zero-order valence-electron chi connectivity index (χ0n) is 20.1. The van der Waals surface area contributed by atoms with Crippen molar-refractivity contribution in [3.63, 3.8) is 0 Å². The van der Waals surface area contributed by atoms with E-state index in [1.807, 2.05) is 66.1 Å². The zero-order chi connectivity index (χ0) is 23.7. The summed E-state index contributed by atoms with van der Waals surface area (Å²) in [5.74, 6) is -0.159. The number of fused-ring (bicyclic) bond motifs is 1. The van der Waals surface area contributed by atoms with E-state index in [1.165, 1.54) is 12.0 Å². The van der Waals surface area contributed by atoms with Crippen LogP contribution in [0.2, 0.25) is 0 Å². The highest BCUT2D eigenvalue weighted by molar-refractivity contribution is 6.00. The second-order valence-electron chi connectivity index (χ2n) is 10.0. The molecule has 1 aliphatic carbocycles. The molecule has 2 aromatic carbocycles. The Bertz CT molecular complexity index is 1180. The van der Waals surface area contributed by atoms with Crippen molar-refractivity contribution < 1.29 is 9.59 Å². The lowest BCUT2D eigenvalue weighted by molar-refractivity contribution is -0.134. The van der Waals surface area contributed by atoms with Gasteiger partial charge in [0, 0.05) is 18.3 Å². The van der Waals surface area contributed by atoms with Crippen LogP contribution in [0.4, 0.5) is 0 Å². The van der Waals surface area contributed by atoms with Gasteiger partial charge in [-0.3, -0.25) is 9.59 Å². The lowest BCUT2D eigenvalue weighted by Gasteiger charge is -2.45. The maximum Gasteiger partial charge on any atom is 0.271 e. The highest BCUT2D eigenvalue weighted by Gasteiger charge is 2.48. The predicted molar refractivity (Wildman–Crippen MR) is 134 cm³/mol. The average molecular weight is 456 g/mol. The second kappa shape index (κ2) is 9.13. The Morgan fingerprint density at radius 1 is 0.941 bits per heavy atom. The minimum atomic E-state index is -0.991. The van der Waals surface area contributed by atoms with Gasteiger partial charge in [0.2, 0.25) is 5.91 Å². The third kappa shape index (κ3) is 4.15. The normalized spacial score (nSPS) is 20.8. The molecule has 0 bridgehead atoms. The van der Waals surface area contributed by atoms with Crippen molar-refractivity contribution in [3.8, 4) is 11.3 Å². The lowest BCUT2D eigenvalue weighted by Crippen LogP contribution is -2.64. The summed E-state index contributed by atoms with van der Waals surface area (Å²) < 4.78 is 2.03. The lowest BCUT2D eigenvalue weighted by atomic mass is 9.91. The first kappa shape index (κ1) is 22.5. The Morgan fingerprint density at radius 3 is 2.32 bits per heavy atom. The summed E-state index contributed by atoms with van der Waals surface area (Å²) in [5.41, 5.74) is 3.86. The van der Waals surface area contributed by atoms with Gasteiger partial charge in [-0.1, -0.05) is 79.4 Å². The van der Waals surface area contributed by atoms with Crippen LogP contribution < -0.4 is 5.32 Å². The van der Waals surface area contributed by atoms with Crippen LogP contribution in [0.3, 0.4) is 0 Å². The van der Waals surface area contributed by atoms with Crippen molar-refractivity contribution in [2.24, 2.45) is 0 Å². The number of nitrogens with zero attached hydrogens (tertiary/aromatic N) is 2. The van der Waals surface area contributed by atoms with Crippen LogP contribution in [0.15, 0.2) is 66.7 Å². The molecule has 2 amide bonds. The third-order valence-electron chi connectivity index (χ3n) is 7.47. The van der Waals surface area contributed by atoms with E-state index in [2.05, 4.69) is 24.4 Å². The Kier molecular flexibility index (Phi) is 6.03. The number of rotatable bonds is 5. The number of benzene rings is 2. The minimum Gasteiger partial charge on any atom is -0.351 e. The van der Waals surface area contributed by atoms with Gasteiger partial charge in [0.25, 0.3) is 5.91 Å². The van der Waals surface area contributed by atoms with Crippen LogP contribution in [0.1, 0.15) is 60.6 Å². The molecule has 0 saturated heterocycles. The number of hydrogen-bond donors (Lipinski definition) is 1. The smallest absolute Gasteiger partial charge is 0.271 e. The monoisotopic (exact) mass is 455 g/mol. The maximum atomic E-state index is 13.9. The average Bonchev–Trinajstić information content (AvgIpc) is 3.27. The molecule has 1 fully saturated rings. The number of amides is 2. The number of carbonyl (C=O) groups is 2. The molecule has 1 aliphatic heterocycles. The van der Waals surface area contributed by atoms with Crippen molar-refractivity contribution in [1.82, 2.24) is 14.8 Å². The Hall–Kier alpha value is -3.34. The van der Waals surface area contributed by atoms with Gasteiger partial charge in [-0.25, -0.2) is 0 Å². The van der Waals surface area contributed by atoms with Crippen LogP contribution in [0, 0.1) is 6.92 Å². The molecule has 0 spiro atoms. The summed E-state index contributed by atoms with van der Waals surface area (Å²) in [5, 5.41) is 3.31. The van der Waals surface area contributed by atoms with Gasteiger partial charge in [-0.2, -0.15) is 0 Å². The molecule has 0 radical (unpaired) electrons. The molecule has 3 aromatic rings. The fourth-order valence-electron chi connectivity index (χ4n) is 5.35. The third-order valence-corrected chi connectivity index (χ3v) is 7.47. The molecule has 5 nitrogen and oxygen atoms in total. The molecule has 5 rings (SSSR count). The molecule has 2 heterocycles. The largest absolute Gasteiger partial charge is 0.351 e. The van der Waals surface area contributed by atoms with E-state index in [0.717, 1.165) is 42.5 Å². The van der Waals surface area contributed by atoms with Crippen LogP contribution in [0.25, 0.3) is 11.3 Å². The van der Waals surface area contributed by atoms with Crippen LogP contribution in [-0.2, 0) is 17.9 Å². The zero-order valence-corrected chi connectivity index (χ0v) is 20.1. The SMILES string of the molecule is Cc1ccc(CN2C(=O)c3ccc(-c4ccccc4)n3CC2(C)C(=O)NC2CCCCC2)cc1. The summed E-state index contributed by atoms with van der Waals surface area (Å²) in [6.45, 7) is 4.81. The highest BCUT2D eigenvalue weighted by Crippen LogP contribution is 2.34. The van der Waals surface area contributed by atoms with Crippen LogP contribution >= 0.6 is 0 Å². The summed E-state index contributed by atoms with van der Waals surface area (Å²) in [6, 6.07) is 22.4. The molecule has 176 valence electrons. The summed E-state index contributed by atoms with van der Waals surface area (Å²) in [6.07, 6.45) is 5.55. The van der Waals surface area contributed by atoms with Gasteiger partial charge in [0.15, 0.2) is 0 Å². The van der Waals surface area contributed by atoms with Gasteiger partial charge < -0.3 is 14.8 Å². The van der Waals surface area contributed by atoms with E-state index in [-0.39, 0.29) is 17.9 Å². The Balaban J connectivity index is 1.53. The molecule has 5 heteroatoms. The first-order chi connectivity index (χ1) is 16.5. The van der Waals surface area contributed by atoms with Crippen molar-refractivity contribution in [1.29, 1.82) is 0 Å². The number of nitrogens with one attached hydrogen (secondary N) is 1. The van der Waals surface area contributed by atoms with Crippen molar-refractivity contribution >= 4 is 11.8 Å². The fraction of sp³-hybridized carbons (Fsp3) is 0.379.